The van der Waals surface area contributed by atoms with Gasteiger partial charge in [0.05, 0.1) is 11.9 Å². The van der Waals surface area contributed by atoms with E-state index in [4.69, 9.17) is 0 Å². The highest BCUT2D eigenvalue weighted by molar-refractivity contribution is 6.03. The van der Waals surface area contributed by atoms with Crippen LogP contribution in [0.5, 0.6) is 0 Å². The zero-order valence-corrected chi connectivity index (χ0v) is 15.9. The highest BCUT2D eigenvalue weighted by atomic mass is 19.1. The van der Waals surface area contributed by atoms with Gasteiger partial charge in [-0.2, -0.15) is 0 Å². The number of nitrogens with zero attached hydrogens (tertiary/aromatic N) is 2. The quantitative estimate of drug-likeness (QED) is 0.617. The van der Waals surface area contributed by atoms with Crippen LogP contribution in [0.4, 0.5) is 14.5 Å². The number of carbonyl (C=O) groups excluding carboxylic acids is 1. The lowest BCUT2D eigenvalue weighted by atomic mass is 9.84. The number of benzene rings is 1. The van der Waals surface area contributed by atoms with Crippen LogP contribution in [0, 0.1) is 11.6 Å². The second-order valence-corrected chi connectivity index (χ2v) is 7.26. The molecule has 29 heavy (non-hydrogen) atoms. The van der Waals surface area contributed by atoms with E-state index in [1.807, 2.05) is 6.07 Å². The van der Waals surface area contributed by atoms with Gasteiger partial charge in [-0.3, -0.25) is 9.78 Å². The summed E-state index contributed by atoms with van der Waals surface area (Å²) in [5.41, 5.74) is 1.55. The van der Waals surface area contributed by atoms with Crippen LogP contribution >= 0.6 is 0 Å². The Hall–Kier alpha value is -3.15. The van der Waals surface area contributed by atoms with Crippen LogP contribution in [0.15, 0.2) is 54.9 Å². The Morgan fingerprint density at radius 2 is 1.76 bits per heavy atom. The minimum atomic E-state index is -0.684. The lowest BCUT2D eigenvalue weighted by Gasteiger charge is -2.24. The lowest BCUT2D eigenvalue weighted by Crippen LogP contribution is -2.17. The van der Waals surface area contributed by atoms with E-state index in [0.29, 0.717) is 11.6 Å². The monoisotopic (exact) mass is 393 g/mol. The van der Waals surface area contributed by atoms with E-state index in [1.165, 1.54) is 43.5 Å². The Balaban J connectivity index is 1.62. The Morgan fingerprint density at radius 3 is 2.55 bits per heavy atom. The molecule has 1 saturated carbocycles. The van der Waals surface area contributed by atoms with Crippen LogP contribution in [-0.2, 0) is 0 Å². The fourth-order valence-corrected chi connectivity index (χ4v) is 3.88. The minimum absolute atomic E-state index is 0.0168. The van der Waals surface area contributed by atoms with Gasteiger partial charge in [-0.05, 0) is 54.7 Å². The van der Waals surface area contributed by atoms with Crippen LogP contribution in [0.25, 0.3) is 11.3 Å². The zero-order valence-electron chi connectivity index (χ0n) is 15.9. The van der Waals surface area contributed by atoms with Gasteiger partial charge in [0.1, 0.15) is 23.0 Å². The number of halogens is 2. The van der Waals surface area contributed by atoms with Crippen molar-refractivity contribution >= 4 is 11.6 Å². The van der Waals surface area contributed by atoms with E-state index in [-0.39, 0.29) is 17.0 Å². The van der Waals surface area contributed by atoms with Crippen LogP contribution in [0.2, 0.25) is 0 Å². The maximum Gasteiger partial charge on any atom is 0.274 e. The molecule has 1 aliphatic carbocycles. The van der Waals surface area contributed by atoms with E-state index < -0.39 is 17.5 Å². The molecule has 0 bridgehead atoms. The fraction of sp³-hybridized carbons (Fsp3) is 0.261. The second-order valence-electron chi connectivity index (χ2n) is 7.26. The molecule has 1 N–H and O–H groups in total. The topological polar surface area (TPSA) is 54.9 Å². The van der Waals surface area contributed by atoms with Crippen LogP contribution in [0.3, 0.4) is 0 Å². The third-order valence-electron chi connectivity index (χ3n) is 5.36. The van der Waals surface area contributed by atoms with E-state index in [0.717, 1.165) is 24.5 Å². The molecule has 0 spiro atoms. The first-order chi connectivity index (χ1) is 14.1. The maximum absolute atomic E-state index is 14.3. The van der Waals surface area contributed by atoms with Gasteiger partial charge in [-0.15, -0.1) is 0 Å². The van der Waals surface area contributed by atoms with Crippen molar-refractivity contribution in [3.63, 3.8) is 0 Å². The summed E-state index contributed by atoms with van der Waals surface area (Å²) in [6.45, 7) is 0. The molecule has 6 heteroatoms. The van der Waals surface area contributed by atoms with Crippen LogP contribution in [-0.4, -0.2) is 15.9 Å². The SMILES string of the molecule is O=C(Nc1cnccc1C1CCCCC1)c1ccc(F)c(-c2ccccc2F)n1. The molecule has 1 amide bonds. The molecular weight excluding hydrogens is 372 g/mol. The average molecular weight is 393 g/mol. The molecule has 4 nitrogen and oxygen atoms in total. The summed E-state index contributed by atoms with van der Waals surface area (Å²) >= 11 is 0. The Kier molecular flexibility index (Phi) is 5.60. The van der Waals surface area contributed by atoms with E-state index in [2.05, 4.69) is 15.3 Å². The molecule has 2 aromatic heterocycles. The van der Waals surface area contributed by atoms with Crippen LogP contribution < -0.4 is 5.32 Å². The molecule has 1 aliphatic rings. The van der Waals surface area contributed by atoms with Gasteiger partial charge in [-0.25, -0.2) is 13.8 Å². The minimum Gasteiger partial charge on any atom is -0.319 e. The van der Waals surface area contributed by atoms with Gasteiger partial charge in [-0.1, -0.05) is 31.4 Å². The second kappa shape index (κ2) is 8.47. The smallest absolute Gasteiger partial charge is 0.274 e. The highest BCUT2D eigenvalue weighted by Crippen LogP contribution is 2.36. The zero-order chi connectivity index (χ0) is 20.2. The summed E-state index contributed by atoms with van der Waals surface area (Å²) in [7, 11) is 0. The third kappa shape index (κ3) is 4.16. The number of amides is 1. The van der Waals surface area contributed by atoms with Crippen molar-refractivity contribution < 1.29 is 13.6 Å². The summed E-state index contributed by atoms with van der Waals surface area (Å²) in [6.07, 6.45) is 9.10. The van der Waals surface area contributed by atoms with E-state index in [9.17, 15) is 13.6 Å². The highest BCUT2D eigenvalue weighted by Gasteiger charge is 2.21. The molecule has 0 aliphatic heterocycles. The molecule has 0 saturated heterocycles. The predicted octanol–water partition coefficient (Wildman–Crippen LogP) is 5.72. The van der Waals surface area contributed by atoms with Gasteiger partial charge < -0.3 is 5.32 Å². The molecule has 3 aromatic rings. The van der Waals surface area contributed by atoms with Gasteiger partial charge in [0.2, 0.25) is 0 Å². The third-order valence-corrected chi connectivity index (χ3v) is 5.36. The Morgan fingerprint density at radius 1 is 0.966 bits per heavy atom. The molecular formula is C23H21F2N3O. The van der Waals surface area contributed by atoms with Crippen molar-refractivity contribution in [1.82, 2.24) is 9.97 Å². The average Bonchev–Trinajstić information content (AvgIpc) is 2.75. The van der Waals surface area contributed by atoms with E-state index >= 15 is 0 Å². The predicted molar refractivity (Wildman–Crippen MR) is 108 cm³/mol. The number of rotatable bonds is 4. The molecule has 0 atom stereocenters. The first-order valence-corrected chi connectivity index (χ1v) is 9.80. The number of anilines is 1. The van der Waals surface area contributed by atoms with Crippen molar-refractivity contribution in [2.75, 3.05) is 5.32 Å². The summed E-state index contributed by atoms with van der Waals surface area (Å²) < 4.78 is 28.3. The van der Waals surface area contributed by atoms with Gasteiger partial charge in [0, 0.05) is 11.8 Å². The summed E-state index contributed by atoms with van der Waals surface area (Å²) in [5.74, 6) is -1.37. The molecule has 1 fully saturated rings. The lowest BCUT2D eigenvalue weighted by molar-refractivity contribution is 0.102. The first-order valence-electron chi connectivity index (χ1n) is 9.80. The summed E-state index contributed by atoms with van der Waals surface area (Å²) in [5, 5.41) is 2.86. The number of aromatic nitrogens is 2. The Bertz CT molecular complexity index is 1030. The summed E-state index contributed by atoms with van der Waals surface area (Å²) in [6, 6.07) is 10.1. The van der Waals surface area contributed by atoms with Gasteiger partial charge >= 0.3 is 0 Å². The van der Waals surface area contributed by atoms with Crippen molar-refractivity contribution in [3.05, 3.63) is 77.8 Å². The fourth-order valence-electron chi connectivity index (χ4n) is 3.88. The standard InChI is InChI=1S/C23H21F2N3O/c24-18-9-5-4-8-17(18)22-19(25)10-11-20(27-22)23(29)28-21-14-26-13-12-16(21)15-6-2-1-3-7-15/h4-5,8-15H,1-3,6-7H2,(H,28,29). The normalized spacial score (nSPS) is 14.6. The molecule has 4 rings (SSSR count). The maximum atomic E-state index is 14.3. The van der Waals surface area contributed by atoms with Crippen molar-refractivity contribution in [3.8, 4) is 11.3 Å². The van der Waals surface area contributed by atoms with Gasteiger partial charge in [0.25, 0.3) is 5.91 Å². The number of hydrogen-bond donors (Lipinski definition) is 1. The number of pyridine rings is 2. The van der Waals surface area contributed by atoms with Crippen molar-refractivity contribution in [1.29, 1.82) is 0 Å². The largest absolute Gasteiger partial charge is 0.319 e. The number of nitrogens with one attached hydrogen (secondary N) is 1. The number of carbonyl (C=O) groups is 1. The van der Waals surface area contributed by atoms with E-state index in [1.54, 1.807) is 18.5 Å². The molecule has 0 radical (unpaired) electrons. The van der Waals surface area contributed by atoms with Crippen molar-refractivity contribution in [2.45, 2.75) is 38.0 Å². The van der Waals surface area contributed by atoms with Gasteiger partial charge in [0.15, 0.2) is 0 Å². The van der Waals surface area contributed by atoms with Crippen molar-refractivity contribution in [2.24, 2.45) is 0 Å². The van der Waals surface area contributed by atoms with Crippen LogP contribution in [0.1, 0.15) is 54.1 Å². The first kappa shape index (κ1) is 19.2. The summed E-state index contributed by atoms with van der Waals surface area (Å²) in [4.78, 5) is 21.0. The number of hydrogen-bond acceptors (Lipinski definition) is 3. The molecule has 2 heterocycles. The Labute approximate surface area is 168 Å². The molecule has 148 valence electrons. The molecule has 0 unspecified atom stereocenters. The molecule has 1 aromatic carbocycles.